The van der Waals surface area contributed by atoms with Crippen LogP contribution >= 0.6 is 43.5 Å². The molecular formula is C7H4Br2ClNO. The summed E-state index contributed by atoms with van der Waals surface area (Å²) in [5.41, 5.74) is 0.387. The minimum Gasteiger partial charge on any atom is -0.290 e. The van der Waals surface area contributed by atoms with E-state index in [4.69, 9.17) is 11.6 Å². The summed E-state index contributed by atoms with van der Waals surface area (Å²) in [7, 11) is 0. The SMILES string of the molecule is O=C(c1ccc(Cl)cn1)C(Br)Br. The molecule has 0 atom stereocenters. The summed E-state index contributed by atoms with van der Waals surface area (Å²) >= 11 is 11.8. The number of hydrogen-bond acceptors (Lipinski definition) is 2. The van der Waals surface area contributed by atoms with Crippen molar-refractivity contribution < 1.29 is 4.79 Å². The van der Waals surface area contributed by atoms with Crippen LogP contribution in [0.3, 0.4) is 0 Å². The molecule has 12 heavy (non-hydrogen) atoms. The monoisotopic (exact) mass is 311 g/mol. The summed E-state index contributed by atoms with van der Waals surface area (Å²) < 4.78 is -0.390. The van der Waals surface area contributed by atoms with Gasteiger partial charge in [0.2, 0.25) is 5.78 Å². The molecule has 0 aliphatic heterocycles. The average molecular weight is 313 g/mol. The van der Waals surface area contributed by atoms with Crippen LogP contribution in [0.2, 0.25) is 5.02 Å². The van der Waals surface area contributed by atoms with Crippen molar-refractivity contribution in [2.24, 2.45) is 0 Å². The molecule has 0 aromatic carbocycles. The van der Waals surface area contributed by atoms with Crippen molar-refractivity contribution in [3.8, 4) is 0 Å². The Balaban J connectivity index is 2.90. The molecule has 0 bridgehead atoms. The maximum atomic E-state index is 11.3. The lowest BCUT2D eigenvalue weighted by Gasteiger charge is -1.99. The molecule has 1 aromatic heterocycles. The zero-order valence-corrected chi connectivity index (χ0v) is 9.73. The Kier molecular flexibility index (Phi) is 3.68. The number of ketones is 1. The third-order valence-electron chi connectivity index (χ3n) is 1.18. The van der Waals surface area contributed by atoms with E-state index in [1.807, 2.05) is 0 Å². The molecule has 0 saturated carbocycles. The van der Waals surface area contributed by atoms with E-state index in [9.17, 15) is 4.79 Å². The highest BCUT2D eigenvalue weighted by Crippen LogP contribution is 2.15. The van der Waals surface area contributed by atoms with Crippen LogP contribution in [-0.4, -0.2) is 14.5 Å². The van der Waals surface area contributed by atoms with Crippen LogP contribution in [0.15, 0.2) is 18.3 Å². The number of nitrogens with zero attached hydrogens (tertiary/aromatic N) is 1. The smallest absolute Gasteiger partial charge is 0.205 e. The Morgan fingerprint density at radius 2 is 2.17 bits per heavy atom. The number of hydrogen-bond donors (Lipinski definition) is 0. The van der Waals surface area contributed by atoms with Crippen molar-refractivity contribution in [1.82, 2.24) is 4.98 Å². The molecule has 0 unspecified atom stereocenters. The van der Waals surface area contributed by atoms with Crippen molar-refractivity contribution in [3.05, 3.63) is 29.0 Å². The van der Waals surface area contributed by atoms with Crippen LogP contribution in [0.4, 0.5) is 0 Å². The number of carbonyl (C=O) groups excluding carboxylic acids is 1. The van der Waals surface area contributed by atoms with Gasteiger partial charge in [-0.15, -0.1) is 0 Å². The molecule has 1 aromatic rings. The van der Waals surface area contributed by atoms with Crippen LogP contribution in [0, 0.1) is 0 Å². The Bertz CT molecular complexity index is 286. The molecule has 0 saturated heterocycles. The van der Waals surface area contributed by atoms with E-state index >= 15 is 0 Å². The van der Waals surface area contributed by atoms with Crippen LogP contribution in [0.25, 0.3) is 0 Å². The topological polar surface area (TPSA) is 30.0 Å². The summed E-state index contributed by atoms with van der Waals surface area (Å²) in [6.45, 7) is 0. The molecule has 0 amide bonds. The molecule has 0 N–H and O–H groups in total. The second-order valence-corrected chi connectivity index (χ2v) is 5.52. The van der Waals surface area contributed by atoms with Crippen molar-refractivity contribution in [2.45, 2.75) is 3.74 Å². The summed E-state index contributed by atoms with van der Waals surface area (Å²) in [5, 5.41) is 0.521. The van der Waals surface area contributed by atoms with Gasteiger partial charge in [0, 0.05) is 6.20 Å². The first-order valence-corrected chi connectivity index (χ1v) is 5.26. The molecule has 0 spiro atoms. The van der Waals surface area contributed by atoms with Gasteiger partial charge in [-0.25, -0.2) is 0 Å². The molecule has 5 heteroatoms. The highest BCUT2D eigenvalue weighted by Gasteiger charge is 2.13. The maximum absolute atomic E-state index is 11.3. The van der Waals surface area contributed by atoms with Gasteiger partial charge in [-0.1, -0.05) is 43.5 Å². The molecule has 0 radical (unpaired) electrons. The van der Waals surface area contributed by atoms with E-state index in [2.05, 4.69) is 36.8 Å². The van der Waals surface area contributed by atoms with E-state index in [1.165, 1.54) is 6.20 Å². The lowest BCUT2D eigenvalue weighted by atomic mass is 10.3. The van der Waals surface area contributed by atoms with E-state index in [0.717, 1.165) is 0 Å². The number of carbonyl (C=O) groups is 1. The number of pyridine rings is 1. The van der Waals surface area contributed by atoms with Gasteiger partial charge < -0.3 is 0 Å². The standard InChI is InChI=1S/C7H4Br2ClNO/c8-7(9)6(12)5-2-1-4(10)3-11-5/h1-3,7H. The molecule has 0 fully saturated rings. The third kappa shape index (κ3) is 2.54. The second kappa shape index (κ2) is 4.35. The lowest BCUT2D eigenvalue weighted by molar-refractivity contribution is 0.101. The largest absolute Gasteiger partial charge is 0.290 e. The van der Waals surface area contributed by atoms with Gasteiger partial charge in [-0.3, -0.25) is 9.78 Å². The van der Waals surface area contributed by atoms with Gasteiger partial charge in [0.05, 0.1) is 5.02 Å². The zero-order valence-electron chi connectivity index (χ0n) is 5.80. The van der Waals surface area contributed by atoms with Crippen LogP contribution in [0.1, 0.15) is 10.5 Å². The van der Waals surface area contributed by atoms with Crippen molar-refractivity contribution >= 4 is 49.2 Å². The number of aromatic nitrogens is 1. The zero-order chi connectivity index (χ0) is 9.14. The van der Waals surface area contributed by atoms with Gasteiger partial charge >= 0.3 is 0 Å². The van der Waals surface area contributed by atoms with Crippen molar-refractivity contribution in [1.29, 1.82) is 0 Å². The van der Waals surface area contributed by atoms with Crippen LogP contribution < -0.4 is 0 Å². The number of Topliss-reactive ketones (excluding diaryl/α,β-unsaturated/α-hetero) is 1. The summed E-state index contributed by atoms with van der Waals surface area (Å²) in [4.78, 5) is 15.1. The number of halogens is 3. The lowest BCUT2D eigenvalue weighted by Crippen LogP contribution is -2.08. The normalized spacial score (nSPS) is 10.3. The minimum atomic E-state index is -0.390. The molecule has 64 valence electrons. The number of alkyl halides is 2. The first-order valence-electron chi connectivity index (χ1n) is 3.05. The first-order chi connectivity index (χ1) is 5.61. The van der Waals surface area contributed by atoms with Gasteiger partial charge in [-0.05, 0) is 12.1 Å². The van der Waals surface area contributed by atoms with Gasteiger partial charge in [0.25, 0.3) is 0 Å². The molecular weight excluding hydrogens is 309 g/mol. The van der Waals surface area contributed by atoms with Crippen molar-refractivity contribution in [3.63, 3.8) is 0 Å². The second-order valence-electron chi connectivity index (χ2n) is 2.03. The quantitative estimate of drug-likeness (QED) is 0.620. The van der Waals surface area contributed by atoms with Gasteiger partial charge in [0.15, 0.2) is 0 Å². The van der Waals surface area contributed by atoms with Gasteiger partial charge in [-0.2, -0.15) is 0 Å². The first kappa shape index (κ1) is 10.2. The minimum absolute atomic E-state index is 0.119. The number of rotatable bonds is 2. The Hall–Kier alpha value is 0.0700. The van der Waals surface area contributed by atoms with Crippen molar-refractivity contribution in [2.75, 3.05) is 0 Å². The Labute approximate surface area is 91.6 Å². The summed E-state index contributed by atoms with van der Waals surface area (Å²) in [6.07, 6.45) is 1.44. The van der Waals surface area contributed by atoms with Crippen LogP contribution in [-0.2, 0) is 0 Å². The predicted molar refractivity (Wildman–Crippen MR) is 55.2 cm³/mol. The Morgan fingerprint density at radius 3 is 2.58 bits per heavy atom. The predicted octanol–water partition coefficient (Wildman–Crippen LogP) is 3.03. The van der Waals surface area contributed by atoms with Gasteiger partial charge in [0.1, 0.15) is 9.43 Å². The third-order valence-corrected chi connectivity index (χ3v) is 2.23. The van der Waals surface area contributed by atoms with E-state index in [0.29, 0.717) is 10.7 Å². The molecule has 1 heterocycles. The molecule has 0 aliphatic carbocycles. The van der Waals surface area contributed by atoms with E-state index in [-0.39, 0.29) is 5.78 Å². The summed E-state index contributed by atoms with van der Waals surface area (Å²) in [5.74, 6) is -0.119. The maximum Gasteiger partial charge on any atom is 0.205 e. The molecule has 2 nitrogen and oxygen atoms in total. The van der Waals surface area contributed by atoms with E-state index in [1.54, 1.807) is 12.1 Å². The average Bonchev–Trinajstić information content (AvgIpc) is 2.04. The highest BCUT2D eigenvalue weighted by molar-refractivity contribution is 9.25. The Morgan fingerprint density at radius 1 is 1.50 bits per heavy atom. The fourth-order valence-electron chi connectivity index (χ4n) is 0.633. The highest BCUT2D eigenvalue weighted by atomic mass is 79.9. The fourth-order valence-corrected chi connectivity index (χ4v) is 1.21. The molecule has 1 rings (SSSR count). The van der Waals surface area contributed by atoms with Crippen LogP contribution in [0.5, 0.6) is 0 Å². The van der Waals surface area contributed by atoms with E-state index < -0.39 is 3.74 Å². The molecule has 0 aliphatic rings. The fraction of sp³-hybridized carbons (Fsp3) is 0.143. The summed E-state index contributed by atoms with van der Waals surface area (Å²) in [6, 6.07) is 3.21.